The fourth-order valence-corrected chi connectivity index (χ4v) is 5.12. The minimum atomic E-state index is -0.00169. The van der Waals surface area contributed by atoms with Crippen LogP contribution in [0, 0.1) is 17.8 Å². The molecule has 3 unspecified atom stereocenters. The second-order valence-electron chi connectivity index (χ2n) is 10.6. The third-order valence-corrected chi connectivity index (χ3v) is 7.79. The quantitative estimate of drug-likeness (QED) is 0.359. The zero-order valence-corrected chi connectivity index (χ0v) is 22.0. The van der Waals surface area contributed by atoms with E-state index in [9.17, 15) is 4.79 Å². The third kappa shape index (κ3) is 7.02. The Morgan fingerprint density at radius 2 is 1.78 bits per heavy atom. The van der Waals surface area contributed by atoms with Crippen molar-refractivity contribution in [1.82, 2.24) is 4.98 Å². The highest BCUT2D eigenvalue weighted by Gasteiger charge is 2.23. The monoisotopic (exact) mass is 484 g/mol. The maximum Gasteiger partial charge on any atom is 0.173 e. The van der Waals surface area contributed by atoms with Gasteiger partial charge in [0.15, 0.2) is 5.78 Å². The lowest BCUT2D eigenvalue weighted by Gasteiger charge is -2.18. The molecule has 1 aromatic carbocycles. The van der Waals surface area contributed by atoms with Crippen molar-refractivity contribution in [1.29, 1.82) is 0 Å². The molecule has 4 rings (SSSR count). The Balaban J connectivity index is 1.48. The first kappa shape index (κ1) is 26.1. The molecule has 0 radical (unpaired) electrons. The van der Waals surface area contributed by atoms with E-state index in [-0.39, 0.29) is 18.3 Å². The fourth-order valence-electron chi connectivity index (χ4n) is 5.12. The summed E-state index contributed by atoms with van der Waals surface area (Å²) in [6.07, 6.45) is 18.6. The summed E-state index contributed by atoms with van der Waals surface area (Å²) >= 11 is 0. The van der Waals surface area contributed by atoms with Gasteiger partial charge in [0.05, 0.1) is 5.70 Å². The Morgan fingerprint density at radius 1 is 1.00 bits per heavy atom. The number of rotatable bonds is 8. The summed E-state index contributed by atoms with van der Waals surface area (Å²) in [6, 6.07) is 12.4. The van der Waals surface area contributed by atoms with Crippen LogP contribution in [0.2, 0.25) is 0 Å². The maximum absolute atomic E-state index is 12.4. The Labute approximate surface area is 216 Å². The number of carbonyl (C=O) groups is 1. The predicted molar refractivity (Wildman–Crippen MR) is 148 cm³/mol. The number of benzene rings is 1. The average Bonchev–Trinajstić information content (AvgIpc) is 3.14. The molecule has 0 N–H and O–H groups in total. The molecule has 3 atom stereocenters. The van der Waals surface area contributed by atoms with Gasteiger partial charge in [-0.3, -0.25) is 14.8 Å². The molecule has 1 saturated carbocycles. The van der Waals surface area contributed by atoms with E-state index in [4.69, 9.17) is 9.73 Å². The Hall–Kier alpha value is -3.01. The third-order valence-electron chi connectivity index (χ3n) is 7.79. The number of nitrogens with zero attached hydrogens (tertiary/aromatic N) is 2. The largest absolute Gasteiger partial charge is 0.486 e. The summed E-state index contributed by atoms with van der Waals surface area (Å²) in [5, 5.41) is 0. The van der Waals surface area contributed by atoms with Gasteiger partial charge in [-0.25, -0.2) is 0 Å². The smallest absolute Gasteiger partial charge is 0.173 e. The minimum Gasteiger partial charge on any atom is -0.486 e. The van der Waals surface area contributed by atoms with Crippen LogP contribution in [0.15, 0.2) is 72.0 Å². The van der Waals surface area contributed by atoms with Crippen LogP contribution in [0.25, 0.3) is 5.70 Å². The molecule has 2 aliphatic rings. The van der Waals surface area contributed by atoms with E-state index in [1.54, 1.807) is 0 Å². The van der Waals surface area contributed by atoms with Crippen LogP contribution in [0.5, 0.6) is 5.75 Å². The number of Topliss-reactive ketones (excluding diaryl/α,β-unsaturated/α-hetero) is 1. The molecule has 1 aliphatic carbocycles. The SMILES string of the molecule is CC(C)C(C)C(=O)COc1cccc(C2=C/CC\C=C/C(C3CCCC(c4ccncc4)CC3)=N/2)c1. The first-order valence-electron chi connectivity index (χ1n) is 13.6. The number of ether oxygens (including phenoxy) is 1. The normalized spacial score (nSPS) is 25.3. The lowest BCUT2D eigenvalue weighted by molar-refractivity contribution is -0.125. The highest BCUT2D eigenvalue weighted by Crippen LogP contribution is 2.35. The van der Waals surface area contributed by atoms with E-state index in [1.807, 2.05) is 37.5 Å². The second kappa shape index (κ2) is 12.8. The molecule has 4 nitrogen and oxygen atoms in total. The highest BCUT2D eigenvalue weighted by atomic mass is 16.5. The standard InChI is InChI=1S/C32H40N2O2/c1-23(2)24(3)32(35)22-36-29-12-8-11-28(21-29)31-14-6-4-5-13-30(34-31)27-10-7-9-25(15-16-27)26-17-19-33-20-18-26/h5,8,11-14,17-21,23-25,27H,4,6-7,9-10,15-16,22H2,1-3H3/b13-5-,31-14+,34-30-. The van der Waals surface area contributed by atoms with Crippen molar-refractivity contribution in [2.24, 2.45) is 22.7 Å². The van der Waals surface area contributed by atoms with Crippen molar-refractivity contribution in [3.8, 4) is 5.75 Å². The van der Waals surface area contributed by atoms with Crippen LogP contribution in [-0.4, -0.2) is 23.1 Å². The summed E-state index contributed by atoms with van der Waals surface area (Å²) in [6.45, 7) is 6.23. The van der Waals surface area contributed by atoms with Gasteiger partial charge in [0, 0.05) is 35.5 Å². The number of allylic oxidation sites excluding steroid dienone is 3. The van der Waals surface area contributed by atoms with Gasteiger partial charge in [-0.15, -0.1) is 0 Å². The Bertz CT molecular complexity index is 1100. The molecule has 2 heterocycles. The number of pyridine rings is 1. The number of aliphatic imine (C=N–C) groups is 1. The number of hydrogen-bond acceptors (Lipinski definition) is 4. The summed E-state index contributed by atoms with van der Waals surface area (Å²) in [5.41, 5.74) is 4.67. The number of ketones is 1. The van der Waals surface area contributed by atoms with Crippen molar-refractivity contribution in [3.63, 3.8) is 0 Å². The molecule has 0 spiro atoms. The van der Waals surface area contributed by atoms with Crippen molar-refractivity contribution in [3.05, 3.63) is 78.1 Å². The zero-order chi connectivity index (χ0) is 25.3. The van der Waals surface area contributed by atoms with E-state index in [1.165, 1.54) is 37.0 Å². The molecule has 1 aromatic heterocycles. The van der Waals surface area contributed by atoms with Crippen LogP contribution in [0.3, 0.4) is 0 Å². The zero-order valence-electron chi connectivity index (χ0n) is 22.0. The average molecular weight is 485 g/mol. The van der Waals surface area contributed by atoms with Crippen molar-refractivity contribution < 1.29 is 9.53 Å². The van der Waals surface area contributed by atoms with Crippen LogP contribution in [-0.2, 0) is 4.79 Å². The summed E-state index contributed by atoms with van der Waals surface area (Å²) in [5.74, 6) is 2.27. The lowest BCUT2D eigenvalue weighted by atomic mass is 9.90. The lowest BCUT2D eigenvalue weighted by Crippen LogP contribution is -2.23. The topological polar surface area (TPSA) is 51.5 Å². The van der Waals surface area contributed by atoms with Gasteiger partial charge in [0.25, 0.3) is 0 Å². The highest BCUT2D eigenvalue weighted by molar-refractivity contribution is 6.00. The van der Waals surface area contributed by atoms with Gasteiger partial charge in [-0.05, 0) is 86.3 Å². The molecule has 4 heteroatoms. The van der Waals surface area contributed by atoms with E-state index in [2.05, 4.69) is 55.3 Å². The van der Waals surface area contributed by atoms with Crippen molar-refractivity contribution in [2.45, 2.75) is 71.6 Å². The number of aromatic nitrogens is 1. The van der Waals surface area contributed by atoms with Crippen molar-refractivity contribution >= 4 is 17.2 Å². The first-order valence-corrected chi connectivity index (χ1v) is 13.6. The van der Waals surface area contributed by atoms with Gasteiger partial charge >= 0.3 is 0 Å². The van der Waals surface area contributed by atoms with Gasteiger partial charge in [0.1, 0.15) is 12.4 Å². The Morgan fingerprint density at radius 3 is 2.58 bits per heavy atom. The molecule has 2 aromatic rings. The summed E-state index contributed by atoms with van der Waals surface area (Å²) in [7, 11) is 0. The van der Waals surface area contributed by atoms with Crippen molar-refractivity contribution in [2.75, 3.05) is 6.61 Å². The Kier molecular flexibility index (Phi) is 9.27. The van der Waals surface area contributed by atoms with Gasteiger partial charge in [-0.2, -0.15) is 0 Å². The van der Waals surface area contributed by atoms with E-state index in [0.29, 0.717) is 17.8 Å². The number of carbonyl (C=O) groups excluding carboxylic acids is 1. The molecular formula is C32H40N2O2. The molecule has 0 saturated heterocycles. The molecule has 1 aliphatic heterocycles. The molecule has 36 heavy (non-hydrogen) atoms. The first-order chi connectivity index (χ1) is 17.5. The van der Waals surface area contributed by atoms with E-state index < -0.39 is 0 Å². The van der Waals surface area contributed by atoms with Gasteiger partial charge < -0.3 is 4.74 Å². The molecule has 0 amide bonds. The van der Waals surface area contributed by atoms with E-state index in [0.717, 1.165) is 36.3 Å². The van der Waals surface area contributed by atoms with Gasteiger partial charge in [0.2, 0.25) is 0 Å². The van der Waals surface area contributed by atoms with Crippen LogP contribution < -0.4 is 4.74 Å². The maximum atomic E-state index is 12.4. The fraction of sp³-hybridized carbons (Fsp3) is 0.469. The molecule has 0 bridgehead atoms. The summed E-state index contributed by atoms with van der Waals surface area (Å²) < 4.78 is 5.90. The summed E-state index contributed by atoms with van der Waals surface area (Å²) in [4.78, 5) is 21.8. The minimum absolute atomic E-state index is 0.00169. The van der Waals surface area contributed by atoms with Crippen LogP contribution in [0.4, 0.5) is 0 Å². The molecule has 1 fully saturated rings. The van der Waals surface area contributed by atoms with Crippen LogP contribution >= 0.6 is 0 Å². The molecular weight excluding hydrogens is 444 g/mol. The predicted octanol–water partition coefficient (Wildman–Crippen LogP) is 7.82. The van der Waals surface area contributed by atoms with Crippen LogP contribution in [0.1, 0.15) is 82.8 Å². The van der Waals surface area contributed by atoms with E-state index >= 15 is 0 Å². The van der Waals surface area contributed by atoms with Gasteiger partial charge in [-0.1, -0.05) is 51.5 Å². The molecule has 190 valence electrons. The number of hydrogen-bond donors (Lipinski definition) is 0. The second-order valence-corrected chi connectivity index (χ2v) is 10.6.